The Morgan fingerprint density at radius 3 is 2.29 bits per heavy atom. The van der Waals surface area contributed by atoms with E-state index >= 15 is 0 Å². The number of thiophene rings is 1. The number of aryl methyl sites for hydroxylation is 1. The van der Waals surface area contributed by atoms with E-state index in [9.17, 15) is 9.59 Å². The number of rotatable bonds is 1. The molecule has 0 bridgehead atoms. The predicted octanol–water partition coefficient (Wildman–Crippen LogP) is 3.35. The number of hydrogen-bond donors (Lipinski definition) is 0. The van der Waals surface area contributed by atoms with Gasteiger partial charge < -0.3 is 0 Å². The van der Waals surface area contributed by atoms with E-state index < -0.39 is 0 Å². The van der Waals surface area contributed by atoms with Crippen molar-refractivity contribution in [2.75, 3.05) is 0 Å². The maximum absolute atomic E-state index is 12.5. The maximum atomic E-state index is 12.5. The normalized spacial score (nSPS) is 13.2. The van der Waals surface area contributed by atoms with Gasteiger partial charge in [-0.3, -0.25) is 9.59 Å². The van der Waals surface area contributed by atoms with Gasteiger partial charge in [0.2, 0.25) is 5.78 Å². The summed E-state index contributed by atoms with van der Waals surface area (Å²) in [6.07, 6.45) is 0. The first-order valence-electron chi connectivity index (χ1n) is 6.28. The van der Waals surface area contributed by atoms with Gasteiger partial charge in [0, 0.05) is 16.7 Å². The standard InChI is InChI=1S/C15H8N2O2S2/c1-7-16-17-15(20-7)11-6-10-12(18)8-4-2-3-5-9(8)13(19)14(10)21-11/h2-6H,1H3. The highest BCUT2D eigenvalue weighted by Crippen LogP contribution is 2.38. The van der Waals surface area contributed by atoms with E-state index in [1.54, 1.807) is 30.3 Å². The molecule has 4 rings (SSSR count). The van der Waals surface area contributed by atoms with Crippen LogP contribution >= 0.6 is 22.7 Å². The fourth-order valence-electron chi connectivity index (χ4n) is 2.38. The molecule has 4 nitrogen and oxygen atoms in total. The predicted molar refractivity (Wildman–Crippen MR) is 81.3 cm³/mol. The molecule has 3 aromatic rings. The van der Waals surface area contributed by atoms with Crippen molar-refractivity contribution in [3.05, 3.63) is 56.9 Å². The first kappa shape index (κ1) is 12.6. The first-order chi connectivity index (χ1) is 10.1. The molecule has 0 atom stereocenters. The largest absolute Gasteiger partial charge is 0.289 e. The molecule has 6 heteroatoms. The molecular formula is C15H8N2O2S2. The minimum Gasteiger partial charge on any atom is -0.289 e. The van der Waals surface area contributed by atoms with Gasteiger partial charge >= 0.3 is 0 Å². The van der Waals surface area contributed by atoms with Crippen molar-refractivity contribution in [3.63, 3.8) is 0 Å². The van der Waals surface area contributed by atoms with Gasteiger partial charge in [0.15, 0.2) is 10.8 Å². The molecule has 0 radical (unpaired) electrons. The first-order valence-corrected chi connectivity index (χ1v) is 7.91. The zero-order valence-corrected chi connectivity index (χ0v) is 12.5. The summed E-state index contributed by atoms with van der Waals surface area (Å²) in [6.45, 7) is 1.88. The highest BCUT2D eigenvalue weighted by molar-refractivity contribution is 7.23. The number of carbonyl (C=O) groups excluding carboxylic acids is 2. The fraction of sp³-hybridized carbons (Fsp3) is 0.0667. The fourth-order valence-corrected chi connectivity index (χ4v) is 4.22. The Kier molecular flexibility index (Phi) is 2.63. The van der Waals surface area contributed by atoms with E-state index in [0.717, 1.165) is 14.9 Å². The average Bonchev–Trinajstić information content (AvgIpc) is 3.11. The summed E-state index contributed by atoms with van der Waals surface area (Å²) in [5, 5.41) is 9.67. The van der Waals surface area contributed by atoms with Crippen LogP contribution in [-0.2, 0) is 0 Å². The van der Waals surface area contributed by atoms with Gasteiger partial charge in [0.1, 0.15) is 5.01 Å². The van der Waals surface area contributed by atoms with Crippen molar-refractivity contribution in [1.29, 1.82) is 0 Å². The molecule has 0 amide bonds. The Morgan fingerprint density at radius 2 is 1.62 bits per heavy atom. The van der Waals surface area contributed by atoms with Crippen molar-refractivity contribution < 1.29 is 9.59 Å². The van der Waals surface area contributed by atoms with Gasteiger partial charge in [0.05, 0.1) is 9.75 Å². The zero-order valence-electron chi connectivity index (χ0n) is 10.9. The summed E-state index contributed by atoms with van der Waals surface area (Å²) in [6, 6.07) is 8.71. The number of aromatic nitrogens is 2. The molecule has 102 valence electrons. The Bertz CT molecular complexity index is 856. The third-order valence-electron chi connectivity index (χ3n) is 3.34. The zero-order chi connectivity index (χ0) is 14.6. The van der Waals surface area contributed by atoms with Gasteiger partial charge in [-0.25, -0.2) is 0 Å². The van der Waals surface area contributed by atoms with Crippen molar-refractivity contribution in [3.8, 4) is 9.88 Å². The number of carbonyl (C=O) groups is 2. The lowest BCUT2D eigenvalue weighted by atomic mass is 9.89. The minimum atomic E-state index is -0.0936. The monoisotopic (exact) mass is 312 g/mol. The van der Waals surface area contributed by atoms with E-state index in [1.807, 2.05) is 6.92 Å². The van der Waals surface area contributed by atoms with Gasteiger partial charge in [-0.15, -0.1) is 21.5 Å². The molecule has 0 aliphatic heterocycles. The number of nitrogens with zero attached hydrogens (tertiary/aromatic N) is 2. The topological polar surface area (TPSA) is 59.9 Å². The van der Waals surface area contributed by atoms with Crippen molar-refractivity contribution in [1.82, 2.24) is 10.2 Å². The van der Waals surface area contributed by atoms with Gasteiger partial charge in [0.25, 0.3) is 0 Å². The van der Waals surface area contributed by atoms with E-state index in [0.29, 0.717) is 21.6 Å². The molecule has 21 heavy (non-hydrogen) atoms. The van der Waals surface area contributed by atoms with Crippen LogP contribution in [0.2, 0.25) is 0 Å². The quantitative estimate of drug-likeness (QED) is 0.541. The summed E-state index contributed by atoms with van der Waals surface area (Å²) >= 11 is 2.77. The highest BCUT2D eigenvalue weighted by atomic mass is 32.1. The SMILES string of the molecule is Cc1nnc(-c2cc3c(s2)C(=O)c2ccccc2C3=O)s1. The number of hydrogen-bond acceptors (Lipinski definition) is 6. The van der Waals surface area contributed by atoms with Crippen molar-refractivity contribution >= 4 is 34.2 Å². The van der Waals surface area contributed by atoms with Crippen LogP contribution in [0.5, 0.6) is 0 Å². The number of benzene rings is 1. The summed E-state index contributed by atoms with van der Waals surface area (Å²) < 4.78 is 0. The molecule has 1 aliphatic carbocycles. The van der Waals surface area contributed by atoms with E-state index in [1.165, 1.54) is 22.7 Å². The molecule has 0 spiro atoms. The van der Waals surface area contributed by atoms with Crippen LogP contribution in [0, 0.1) is 6.92 Å². The van der Waals surface area contributed by atoms with E-state index in [2.05, 4.69) is 10.2 Å². The lowest BCUT2D eigenvalue weighted by Gasteiger charge is -2.12. The molecule has 0 N–H and O–H groups in total. The smallest absolute Gasteiger partial charge is 0.204 e. The van der Waals surface area contributed by atoms with Gasteiger partial charge in [-0.1, -0.05) is 35.6 Å². The van der Waals surface area contributed by atoms with Crippen LogP contribution in [0.15, 0.2) is 30.3 Å². The highest BCUT2D eigenvalue weighted by Gasteiger charge is 2.32. The summed E-state index contributed by atoms with van der Waals surface area (Å²) in [5.41, 5.74) is 1.44. The second kappa shape index (κ2) is 4.41. The molecular weight excluding hydrogens is 304 g/mol. The average molecular weight is 312 g/mol. The van der Waals surface area contributed by atoms with Crippen LogP contribution in [0.3, 0.4) is 0 Å². The summed E-state index contributed by atoms with van der Waals surface area (Å²) in [4.78, 5) is 26.4. The van der Waals surface area contributed by atoms with Crippen LogP contribution in [0.25, 0.3) is 9.88 Å². The third kappa shape index (κ3) is 1.80. The molecule has 0 saturated heterocycles. The van der Waals surface area contributed by atoms with E-state index in [-0.39, 0.29) is 11.6 Å². The van der Waals surface area contributed by atoms with Crippen molar-refractivity contribution in [2.45, 2.75) is 6.92 Å². The molecule has 0 saturated carbocycles. The van der Waals surface area contributed by atoms with Crippen LogP contribution in [-0.4, -0.2) is 21.8 Å². The third-order valence-corrected chi connectivity index (χ3v) is 5.48. The summed E-state index contributed by atoms with van der Waals surface area (Å²) in [7, 11) is 0. The lowest BCUT2D eigenvalue weighted by Crippen LogP contribution is -2.18. The van der Waals surface area contributed by atoms with Crippen molar-refractivity contribution in [2.24, 2.45) is 0 Å². The molecule has 1 aromatic carbocycles. The van der Waals surface area contributed by atoms with Gasteiger partial charge in [-0.2, -0.15) is 0 Å². The minimum absolute atomic E-state index is 0.0855. The Labute approximate surface area is 128 Å². The van der Waals surface area contributed by atoms with Gasteiger partial charge in [-0.05, 0) is 13.0 Å². The van der Waals surface area contributed by atoms with Crippen LogP contribution in [0.1, 0.15) is 36.2 Å². The Morgan fingerprint density at radius 1 is 0.905 bits per heavy atom. The van der Waals surface area contributed by atoms with Crippen LogP contribution < -0.4 is 0 Å². The Hall–Kier alpha value is -2.18. The molecule has 2 heterocycles. The molecule has 1 aliphatic rings. The molecule has 2 aromatic heterocycles. The molecule has 0 unspecified atom stereocenters. The second-order valence-corrected chi connectivity index (χ2v) is 6.92. The number of fused-ring (bicyclic) bond motifs is 2. The number of ketones is 2. The van der Waals surface area contributed by atoms with Crippen LogP contribution in [0.4, 0.5) is 0 Å². The van der Waals surface area contributed by atoms with E-state index in [4.69, 9.17) is 0 Å². The lowest BCUT2D eigenvalue weighted by molar-refractivity contribution is 0.0982. The maximum Gasteiger partial charge on any atom is 0.204 e. The second-order valence-electron chi connectivity index (χ2n) is 4.68. The molecule has 0 fully saturated rings. The Balaban J connectivity index is 1.91. The summed E-state index contributed by atoms with van der Waals surface area (Å²) in [5.74, 6) is -0.179.